The van der Waals surface area contributed by atoms with Crippen molar-refractivity contribution in [3.63, 3.8) is 0 Å². The second-order valence-electron chi connectivity index (χ2n) is 16.9. The van der Waals surface area contributed by atoms with Gasteiger partial charge >= 0.3 is 0 Å². The van der Waals surface area contributed by atoms with Gasteiger partial charge < -0.3 is 73.3 Å². The number of aromatic hydroxyl groups is 2. The van der Waals surface area contributed by atoms with Crippen LogP contribution in [0.4, 0.5) is 0 Å². The minimum Gasteiger partial charge on any atom is -0.504 e. The van der Waals surface area contributed by atoms with Gasteiger partial charge in [-0.25, -0.2) is 0 Å². The van der Waals surface area contributed by atoms with Crippen LogP contribution in [-0.4, -0.2) is 99.2 Å². The van der Waals surface area contributed by atoms with Crippen LogP contribution in [-0.2, 0) is 11.2 Å². The van der Waals surface area contributed by atoms with E-state index in [0.29, 0.717) is 81.1 Å². The standard InChI is InChI=1S/C50H54O15/c1-57-39-11-24(6-8-37(39)55)10-29-23-62-44(33(29)19-51)26-12-30-35(21-53)46(64-49(30)41(16-26)59-3)28-14-32-36(22-54)47(65-50(32)43(18-28)61-5)27-13-31-34(20-52)45(63-48(31)42(17-27)60-4)25-7-9-38(56)40(15-25)58-2/h6-9,11-18,29,33-36,44-47,51-56H,10,19-23H2,1-5H3/t29-,33+,34+,35-,36-,44-,45+,46-,47-/m1/s1. The van der Waals surface area contributed by atoms with E-state index in [-0.39, 0.29) is 55.5 Å². The monoisotopic (exact) mass is 894 g/mol. The van der Waals surface area contributed by atoms with E-state index < -0.39 is 42.2 Å². The summed E-state index contributed by atoms with van der Waals surface area (Å²) < 4.78 is 54.6. The first-order valence-corrected chi connectivity index (χ1v) is 21.5. The van der Waals surface area contributed by atoms with Crippen LogP contribution in [0, 0.1) is 11.8 Å². The number of phenolic OH excluding ortho intramolecular Hbond substituents is 2. The van der Waals surface area contributed by atoms with Crippen molar-refractivity contribution in [2.75, 3.05) is 68.6 Å². The predicted octanol–water partition coefficient (Wildman–Crippen LogP) is 6.31. The Balaban J connectivity index is 1.01. The van der Waals surface area contributed by atoms with Gasteiger partial charge in [-0.15, -0.1) is 0 Å². The summed E-state index contributed by atoms with van der Waals surface area (Å²) in [7, 11) is 7.60. The lowest BCUT2D eigenvalue weighted by Gasteiger charge is -2.23. The van der Waals surface area contributed by atoms with Crippen molar-refractivity contribution in [2.45, 2.75) is 48.6 Å². The number of ether oxygens (including phenoxy) is 9. The van der Waals surface area contributed by atoms with E-state index in [1.165, 1.54) is 34.5 Å². The van der Waals surface area contributed by atoms with Crippen LogP contribution in [0.5, 0.6) is 57.5 Å². The quantitative estimate of drug-likeness (QED) is 0.0682. The number of methoxy groups -OCH3 is 5. The molecule has 5 aromatic carbocycles. The van der Waals surface area contributed by atoms with E-state index in [2.05, 4.69) is 0 Å². The summed E-state index contributed by atoms with van der Waals surface area (Å²) in [6, 6.07) is 21.4. The Labute approximate surface area is 376 Å². The Hall–Kier alpha value is -6.10. The molecule has 1 saturated heterocycles. The van der Waals surface area contributed by atoms with Gasteiger partial charge in [-0.05, 0) is 101 Å². The lowest BCUT2D eigenvalue weighted by molar-refractivity contribution is 0.0716. The maximum absolute atomic E-state index is 11.1. The van der Waals surface area contributed by atoms with Crippen molar-refractivity contribution in [1.82, 2.24) is 0 Å². The SMILES string of the molecule is COc1cc(C[C@@H]2CO[C@H](c3cc(OC)c4c(c3)[C@@H](CO)[C@@H](c3cc(OC)c5c(c3)[C@@H](CO)[C@@H](c3cc(OC)c6c(c3)[C@H](CO)[C@H](c3ccc(O)c(OC)c3)O6)O5)O4)[C@H]2CO)ccc1O. The molecule has 0 amide bonds. The molecule has 0 aromatic heterocycles. The highest BCUT2D eigenvalue weighted by Gasteiger charge is 2.46. The number of benzene rings is 5. The first-order valence-electron chi connectivity index (χ1n) is 21.5. The van der Waals surface area contributed by atoms with Gasteiger partial charge in [0.2, 0.25) is 0 Å². The zero-order valence-corrected chi connectivity index (χ0v) is 36.7. The molecule has 15 heteroatoms. The molecule has 0 saturated carbocycles. The summed E-state index contributed by atoms with van der Waals surface area (Å²) in [5.41, 5.74) is 5.88. The van der Waals surface area contributed by atoms with E-state index in [9.17, 15) is 30.6 Å². The molecule has 65 heavy (non-hydrogen) atoms. The van der Waals surface area contributed by atoms with Gasteiger partial charge in [0.15, 0.2) is 57.5 Å². The van der Waals surface area contributed by atoms with Crippen LogP contribution in [0.3, 0.4) is 0 Å². The lowest BCUT2D eigenvalue weighted by Crippen LogP contribution is -2.21. The maximum Gasteiger partial charge on any atom is 0.165 e. The van der Waals surface area contributed by atoms with Gasteiger partial charge in [-0.3, -0.25) is 0 Å². The van der Waals surface area contributed by atoms with E-state index in [4.69, 9.17) is 42.6 Å². The molecule has 4 heterocycles. The van der Waals surface area contributed by atoms with Crippen LogP contribution in [0.25, 0.3) is 0 Å². The number of phenols is 2. The molecule has 9 rings (SSSR count). The number of hydrogen-bond donors (Lipinski definition) is 6. The van der Waals surface area contributed by atoms with Crippen molar-refractivity contribution in [3.05, 3.63) is 117 Å². The number of hydrogen-bond acceptors (Lipinski definition) is 15. The van der Waals surface area contributed by atoms with Gasteiger partial charge in [0, 0.05) is 29.2 Å². The predicted molar refractivity (Wildman–Crippen MR) is 234 cm³/mol. The molecule has 0 spiro atoms. The third kappa shape index (κ3) is 7.54. The van der Waals surface area contributed by atoms with Crippen LogP contribution in [0.2, 0.25) is 0 Å². The topological polar surface area (TPSA) is 204 Å². The molecule has 15 nitrogen and oxygen atoms in total. The average molecular weight is 895 g/mol. The molecule has 6 N–H and O–H groups in total. The Morgan fingerprint density at radius 3 is 1.29 bits per heavy atom. The fourth-order valence-electron chi connectivity index (χ4n) is 10.2. The molecule has 0 radical (unpaired) electrons. The Morgan fingerprint density at radius 1 is 0.462 bits per heavy atom. The minimum atomic E-state index is -0.700. The highest BCUT2D eigenvalue weighted by atomic mass is 16.5. The van der Waals surface area contributed by atoms with Crippen molar-refractivity contribution >= 4 is 0 Å². The number of aliphatic hydroxyl groups excluding tert-OH is 4. The molecule has 0 unspecified atom stereocenters. The summed E-state index contributed by atoms with van der Waals surface area (Å²) in [5, 5.41) is 64.0. The van der Waals surface area contributed by atoms with Gasteiger partial charge in [0.1, 0.15) is 18.3 Å². The molecule has 344 valence electrons. The molecule has 0 bridgehead atoms. The van der Waals surface area contributed by atoms with Gasteiger partial charge in [-0.1, -0.05) is 12.1 Å². The van der Waals surface area contributed by atoms with Gasteiger partial charge in [-0.2, -0.15) is 0 Å². The normalized spacial score (nSPS) is 24.9. The number of rotatable bonds is 15. The largest absolute Gasteiger partial charge is 0.504 e. The molecule has 4 aliphatic rings. The Bertz CT molecular complexity index is 2560. The lowest BCUT2D eigenvalue weighted by atomic mass is 9.82. The molecular weight excluding hydrogens is 841 g/mol. The van der Waals surface area contributed by atoms with Crippen LogP contribution in [0.1, 0.15) is 86.7 Å². The summed E-state index contributed by atoms with van der Waals surface area (Å²) in [6.45, 7) is -0.543. The highest BCUT2D eigenvalue weighted by Crippen LogP contribution is 2.58. The van der Waals surface area contributed by atoms with Crippen molar-refractivity contribution in [1.29, 1.82) is 0 Å². The summed E-state index contributed by atoms with van der Waals surface area (Å²) in [6.07, 6.45) is -1.88. The van der Waals surface area contributed by atoms with Crippen molar-refractivity contribution in [2.24, 2.45) is 11.8 Å². The van der Waals surface area contributed by atoms with E-state index in [1.807, 2.05) is 42.5 Å². The van der Waals surface area contributed by atoms with E-state index >= 15 is 0 Å². The number of fused-ring (bicyclic) bond motifs is 3. The Morgan fingerprint density at radius 2 is 0.862 bits per heavy atom. The third-order valence-electron chi connectivity index (χ3n) is 13.6. The molecule has 9 atom stereocenters. The second-order valence-corrected chi connectivity index (χ2v) is 16.9. The molecule has 5 aromatic rings. The van der Waals surface area contributed by atoms with Crippen LogP contribution < -0.4 is 37.9 Å². The van der Waals surface area contributed by atoms with Crippen molar-refractivity contribution < 1.29 is 73.3 Å². The zero-order chi connectivity index (χ0) is 45.7. The molecule has 1 fully saturated rings. The van der Waals surface area contributed by atoms with Crippen molar-refractivity contribution in [3.8, 4) is 57.5 Å². The number of aliphatic hydroxyl groups is 4. The smallest absolute Gasteiger partial charge is 0.165 e. The van der Waals surface area contributed by atoms with Crippen LogP contribution in [0.15, 0.2) is 72.8 Å². The zero-order valence-electron chi connectivity index (χ0n) is 36.7. The van der Waals surface area contributed by atoms with E-state index in [0.717, 1.165) is 16.7 Å². The first kappa shape index (κ1) is 44.1. The summed E-state index contributed by atoms with van der Waals surface area (Å²) in [5.74, 6) is 1.47. The van der Waals surface area contributed by atoms with Gasteiger partial charge in [0.25, 0.3) is 0 Å². The maximum atomic E-state index is 11.1. The Kier molecular flexibility index (Phi) is 12.3. The summed E-state index contributed by atoms with van der Waals surface area (Å²) >= 11 is 0. The molecular formula is C50H54O15. The molecule has 4 aliphatic heterocycles. The first-order chi connectivity index (χ1) is 31.6. The van der Waals surface area contributed by atoms with Gasteiger partial charge in [0.05, 0.1) is 85.8 Å². The fourth-order valence-corrected chi connectivity index (χ4v) is 10.2. The third-order valence-corrected chi connectivity index (χ3v) is 13.6. The highest BCUT2D eigenvalue weighted by molar-refractivity contribution is 5.61. The fraction of sp³-hybridized carbons (Fsp3) is 0.400. The van der Waals surface area contributed by atoms with E-state index in [1.54, 1.807) is 31.4 Å². The summed E-state index contributed by atoms with van der Waals surface area (Å²) in [4.78, 5) is 0. The average Bonchev–Trinajstić information content (AvgIpc) is 4.12. The molecule has 0 aliphatic carbocycles. The second kappa shape index (κ2) is 18.1. The van der Waals surface area contributed by atoms with Crippen LogP contribution >= 0.6 is 0 Å². The minimum absolute atomic E-state index is 0.0187.